The van der Waals surface area contributed by atoms with Gasteiger partial charge in [-0.3, -0.25) is 0 Å². The second kappa shape index (κ2) is 5.46. The highest BCUT2D eigenvalue weighted by Gasteiger charge is 2.15. The Morgan fingerprint density at radius 3 is 2.42 bits per heavy atom. The number of hydrogen-bond acceptors (Lipinski definition) is 0. The standard InChI is InChI=1S/C16H11Cl2S/c17-13-6-8-15(9-7-13)19-10-2-5-16(19)12-3-1-4-14(18)11-12/h1-9,11,19H. The summed E-state index contributed by atoms with van der Waals surface area (Å²) in [6.07, 6.45) is 4.11. The van der Waals surface area contributed by atoms with E-state index in [1.165, 1.54) is 9.80 Å². The molecule has 1 aliphatic rings. The second-order valence-corrected chi connectivity index (χ2v) is 6.97. The summed E-state index contributed by atoms with van der Waals surface area (Å²) in [5.41, 5.74) is 1.16. The van der Waals surface area contributed by atoms with Crippen LogP contribution in [0.1, 0.15) is 5.56 Å². The molecule has 0 spiro atoms. The van der Waals surface area contributed by atoms with Gasteiger partial charge in [0.25, 0.3) is 0 Å². The van der Waals surface area contributed by atoms with Crippen LogP contribution in [-0.4, -0.2) is 0 Å². The highest BCUT2D eigenvalue weighted by Crippen LogP contribution is 2.52. The van der Waals surface area contributed by atoms with E-state index in [9.17, 15) is 0 Å². The molecule has 0 saturated heterocycles. The maximum Gasteiger partial charge on any atom is 0.0412 e. The molecule has 1 aliphatic heterocycles. The Morgan fingerprint density at radius 2 is 1.68 bits per heavy atom. The summed E-state index contributed by atoms with van der Waals surface area (Å²) in [5, 5.41) is 4.94. The van der Waals surface area contributed by atoms with Gasteiger partial charge in [0.2, 0.25) is 0 Å². The first-order valence-corrected chi connectivity index (χ1v) is 7.95. The predicted octanol–water partition coefficient (Wildman–Crippen LogP) is 5.73. The zero-order chi connectivity index (χ0) is 13.2. The lowest BCUT2D eigenvalue weighted by molar-refractivity contribution is 1.46. The monoisotopic (exact) mass is 305 g/mol. The molecule has 0 aliphatic carbocycles. The van der Waals surface area contributed by atoms with Crippen molar-refractivity contribution < 1.29 is 0 Å². The Kier molecular flexibility index (Phi) is 3.69. The van der Waals surface area contributed by atoms with Crippen LogP contribution < -0.4 is 0 Å². The Labute approximate surface area is 125 Å². The summed E-state index contributed by atoms with van der Waals surface area (Å²) < 4.78 is 0. The molecule has 0 bridgehead atoms. The molecule has 0 nitrogen and oxygen atoms in total. The summed E-state index contributed by atoms with van der Waals surface area (Å²) in [6.45, 7) is 0. The third-order valence-electron chi connectivity index (χ3n) is 2.89. The fourth-order valence-electron chi connectivity index (χ4n) is 2.01. The first kappa shape index (κ1) is 12.9. The fraction of sp³-hybridized carbons (Fsp3) is 0. The maximum atomic E-state index is 6.07. The maximum absolute atomic E-state index is 6.07. The van der Waals surface area contributed by atoms with Gasteiger partial charge in [0.1, 0.15) is 0 Å². The molecule has 95 valence electrons. The fourth-order valence-corrected chi connectivity index (χ4v) is 4.19. The topological polar surface area (TPSA) is 0 Å². The van der Waals surface area contributed by atoms with E-state index in [1.54, 1.807) is 0 Å². The molecule has 1 radical (unpaired) electrons. The lowest BCUT2D eigenvalue weighted by Gasteiger charge is -2.18. The molecule has 0 saturated carbocycles. The van der Waals surface area contributed by atoms with Crippen LogP contribution in [0.4, 0.5) is 0 Å². The van der Waals surface area contributed by atoms with E-state index in [-0.39, 0.29) is 0 Å². The molecule has 1 atom stereocenters. The summed E-state index contributed by atoms with van der Waals surface area (Å²) in [4.78, 5) is 2.53. The second-order valence-electron chi connectivity index (χ2n) is 4.17. The van der Waals surface area contributed by atoms with Crippen LogP contribution in [0, 0.1) is 5.41 Å². The molecule has 1 unspecified atom stereocenters. The third-order valence-corrected chi connectivity index (χ3v) is 5.49. The van der Waals surface area contributed by atoms with E-state index in [0.717, 1.165) is 15.6 Å². The van der Waals surface area contributed by atoms with Gasteiger partial charge in [-0.15, -0.1) is 0 Å². The van der Waals surface area contributed by atoms with Crippen LogP contribution in [-0.2, 0) is 0 Å². The Balaban J connectivity index is 1.97. The summed E-state index contributed by atoms with van der Waals surface area (Å²) in [7, 11) is -0.566. The van der Waals surface area contributed by atoms with Crippen molar-refractivity contribution in [1.29, 1.82) is 0 Å². The molecule has 0 fully saturated rings. The van der Waals surface area contributed by atoms with Gasteiger partial charge in [-0.05, 0) is 59.0 Å². The van der Waals surface area contributed by atoms with E-state index >= 15 is 0 Å². The molecule has 1 heterocycles. The minimum atomic E-state index is -0.566. The third kappa shape index (κ3) is 2.74. The van der Waals surface area contributed by atoms with Crippen LogP contribution >= 0.6 is 34.1 Å². The first-order chi connectivity index (χ1) is 9.24. The summed E-state index contributed by atoms with van der Waals surface area (Å²) in [5.74, 6) is 0. The minimum Gasteiger partial charge on any atom is -0.171 e. The minimum absolute atomic E-state index is 0.566. The lowest BCUT2D eigenvalue weighted by atomic mass is 10.2. The van der Waals surface area contributed by atoms with Gasteiger partial charge < -0.3 is 0 Å². The molecule has 0 amide bonds. The zero-order valence-corrected chi connectivity index (χ0v) is 12.4. The average Bonchev–Trinajstić information content (AvgIpc) is 2.89. The van der Waals surface area contributed by atoms with Gasteiger partial charge in [-0.25, -0.2) is 0 Å². The van der Waals surface area contributed by atoms with Crippen molar-refractivity contribution in [3.63, 3.8) is 0 Å². The summed E-state index contributed by atoms with van der Waals surface area (Å²) in [6, 6.07) is 15.9. The van der Waals surface area contributed by atoms with E-state index in [0.29, 0.717) is 0 Å². The lowest BCUT2D eigenvalue weighted by Crippen LogP contribution is -1.85. The van der Waals surface area contributed by atoms with Crippen molar-refractivity contribution in [3.8, 4) is 0 Å². The molecular weight excluding hydrogens is 295 g/mol. The van der Waals surface area contributed by atoms with E-state index in [4.69, 9.17) is 23.2 Å². The van der Waals surface area contributed by atoms with Gasteiger partial charge >= 0.3 is 0 Å². The van der Waals surface area contributed by atoms with Crippen molar-refractivity contribution >= 4 is 39.0 Å². The number of allylic oxidation sites excluding steroid dienone is 2. The summed E-state index contributed by atoms with van der Waals surface area (Å²) >= 11 is 12.0. The quantitative estimate of drug-likeness (QED) is 0.673. The highest BCUT2D eigenvalue weighted by atomic mass is 35.5. The molecule has 3 rings (SSSR count). The molecule has 2 aromatic rings. The highest BCUT2D eigenvalue weighted by molar-refractivity contribution is 8.26. The Bertz CT molecular complexity index is 657. The van der Waals surface area contributed by atoms with Crippen LogP contribution in [0.2, 0.25) is 10.0 Å². The average molecular weight is 306 g/mol. The molecular formula is C16H11Cl2S. The SMILES string of the molecule is Clc1ccc([SH]2[C]=CC=C2c2cccc(Cl)c2)cc1. The molecule has 3 heteroatoms. The van der Waals surface area contributed by atoms with E-state index < -0.39 is 10.9 Å². The smallest absolute Gasteiger partial charge is 0.0412 e. The van der Waals surface area contributed by atoms with Gasteiger partial charge in [-0.2, -0.15) is 10.9 Å². The zero-order valence-electron chi connectivity index (χ0n) is 9.98. The van der Waals surface area contributed by atoms with E-state index in [2.05, 4.69) is 29.7 Å². The number of halogens is 2. The van der Waals surface area contributed by atoms with Crippen LogP contribution in [0.15, 0.2) is 65.6 Å². The molecule has 0 N–H and O–H groups in total. The van der Waals surface area contributed by atoms with Gasteiger partial charge in [0, 0.05) is 20.4 Å². The molecule has 0 aromatic heterocycles. The number of thiol groups is 1. The van der Waals surface area contributed by atoms with Gasteiger partial charge in [-0.1, -0.05) is 35.3 Å². The Hall–Kier alpha value is -1.15. The van der Waals surface area contributed by atoms with Crippen molar-refractivity contribution in [2.45, 2.75) is 4.90 Å². The van der Waals surface area contributed by atoms with Crippen LogP contribution in [0.3, 0.4) is 0 Å². The Morgan fingerprint density at radius 1 is 0.895 bits per heavy atom. The first-order valence-electron chi connectivity index (χ1n) is 5.85. The van der Waals surface area contributed by atoms with E-state index in [1.807, 2.05) is 36.4 Å². The normalized spacial score (nSPS) is 19.5. The predicted molar refractivity (Wildman–Crippen MR) is 85.9 cm³/mol. The number of rotatable bonds is 2. The van der Waals surface area contributed by atoms with Crippen molar-refractivity contribution in [3.05, 3.63) is 81.7 Å². The molecule has 19 heavy (non-hydrogen) atoms. The van der Waals surface area contributed by atoms with Crippen LogP contribution in [0.5, 0.6) is 0 Å². The van der Waals surface area contributed by atoms with Gasteiger partial charge in [0.05, 0.1) is 0 Å². The van der Waals surface area contributed by atoms with Crippen molar-refractivity contribution in [1.82, 2.24) is 0 Å². The van der Waals surface area contributed by atoms with Crippen molar-refractivity contribution in [2.24, 2.45) is 0 Å². The number of benzene rings is 2. The largest absolute Gasteiger partial charge is 0.171 e. The van der Waals surface area contributed by atoms with Gasteiger partial charge in [0.15, 0.2) is 0 Å². The van der Waals surface area contributed by atoms with Crippen LogP contribution in [0.25, 0.3) is 4.91 Å². The molecule has 2 aromatic carbocycles. The van der Waals surface area contributed by atoms with Crippen molar-refractivity contribution in [2.75, 3.05) is 0 Å². The number of hydrogen-bond donors (Lipinski definition) is 1.